The predicted octanol–water partition coefficient (Wildman–Crippen LogP) is 1.16. The average molecular weight is 199 g/mol. The fourth-order valence-corrected chi connectivity index (χ4v) is 2.04. The number of amides is 1. The molecule has 1 amide bonds. The van der Waals surface area contributed by atoms with Crippen LogP contribution < -0.4 is 5.32 Å². The van der Waals surface area contributed by atoms with Gasteiger partial charge in [-0.1, -0.05) is 19.3 Å². The zero-order valence-corrected chi connectivity index (χ0v) is 8.45. The predicted molar refractivity (Wildman–Crippen MR) is 51.8 cm³/mol. The van der Waals surface area contributed by atoms with Crippen molar-refractivity contribution in [3.63, 3.8) is 0 Å². The summed E-state index contributed by atoms with van der Waals surface area (Å²) in [6, 6.07) is -0.174. The highest BCUT2D eigenvalue weighted by molar-refractivity contribution is 5.76. The summed E-state index contributed by atoms with van der Waals surface area (Å²) in [6.45, 7) is 1.43. The van der Waals surface area contributed by atoms with Crippen molar-refractivity contribution in [1.82, 2.24) is 5.32 Å². The highest BCUT2D eigenvalue weighted by Crippen LogP contribution is 2.23. The Morgan fingerprint density at radius 2 is 1.86 bits per heavy atom. The Balaban J connectivity index is 2.63. The van der Waals surface area contributed by atoms with Crippen LogP contribution in [0, 0.1) is 5.92 Å². The number of rotatable bonds is 2. The Bertz CT molecular complexity index is 227. The molecule has 1 fully saturated rings. The van der Waals surface area contributed by atoms with E-state index in [-0.39, 0.29) is 11.9 Å². The lowest BCUT2D eigenvalue weighted by atomic mass is 9.95. The molecule has 0 saturated heterocycles. The van der Waals surface area contributed by atoms with Crippen molar-refractivity contribution < 1.29 is 14.7 Å². The summed E-state index contributed by atoms with van der Waals surface area (Å²) in [6.07, 6.45) is 4.50. The fraction of sp³-hybridized carbons (Fsp3) is 0.800. The summed E-state index contributed by atoms with van der Waals surface area (Å²) in [7, 11) is 0. The van der Waals surface area contributed by atoms with Gasteiger partial charge in [-0.05, 0) is 12.8 Å². The Morgan fingerprint density at radius 1 is 1.21 bits per heavy atom. The van der Waals surface area contributed by atoms with Gasteiger partial charge in [0.05, 0.1) is 5.92 Å². The summed E-state index contributed by atoms with van der Waals surface area (Å²) >= 11 is 0. The lowest BCUT2D eigenvalue weighted by molar-refractivity contribution is -0.143. The van der Waals surface area contributed by atoms with Crippen LogP contribution in [0.15, 0.2) is 0 Å². The van der Waals surface area contributed by atoms with Crippen LogP contribution in [0.5, 0.6) is 0 Å². The Hall–Kier alpha value is -1.06. The third-order valence-electron chi connectivity index (χ3n) is 2.72. The Kier molecular flexibility index (Phi) is 3.92. The van der Waals surface area contributed by atoms with E-state index in [0.29, 0.717) is 6.42 Å². The summed E-state index contributed by atoms with van der Waals surface area (Å²) in [5.74, 6) is -1.32. The van der Waals surface area contributed by atoms with Crippen molar-refractivity contribution in [3.8, 4) is 0 Å². The molecule has 0 aromatic rings. The van der Waals surface area contributed by atoms with E-state index in [1.165, 1.54) is 6.92 Å². The van der Waals surface area contributed by atoms with E-state index >= 15 is 0 Å². The topological polar surface area (TPSA) is 66.4 Å². The van der Waals surface area contributed by atoms with Crippen molar-refractivity contribution in [3.05, 3.63) is 0 Å². The minimum atomic E-state index is -0.786. The minimum Gasteiger partial charge on any atom is -0.481 e. The van der Waals surface area contributed by atoms with Crippen molar-refractivity contribution in [2.45, 2.75) is 45.1 Å². The van der Waals surface area contributed by atoms with Crippen LogP contribution in [-0.4, -0.2) is 23.0 Å². The molecule has 4 heteroatoms. The number of carboxylic acids is 1. The lowest BCUT2D eigenvalue weighted by Gasteiger charge is -2.21. The van der Waals surface area contributed by atoms with Gasteiger partial charge in [0, 0.05) is 13.0 Å². The Morgan fingerprint density at radius 3 is 2.43 bits per heavy atom. The molecule has 0 aliphatic heterocycles. The van der Waals surface area contributed by atoms with Crippen molar-refractivity contribution in [1.29, 1.82) is 0 Å². The molecule has 1 aliphatic carbocycles. The molecule has 0 aromatic heterocycles. The van der Waals surface area contributed by atoms with E-state index in [0.717, 1.165) is 25.7 Å². The molecular weight excluding hydrogens is 182 g/mol. The van der Waals surface area contributed by atoms with E-state index in [9.17, 15) is 9.59 Å². The highest BCUT2D eigenvalue weighted by atomic mass is 16.4. The summed E-state index contributed by atoms with van der Waals surface area (Å²) in [5.41, 5.74) is 0. The number of nitrogens with one attached hydrogen (secondary N) is 1. The van der Waals surface area contributed by atoms with E-state index in [1.54, 1.807) is 0 Å². The summed E-state index contributed by atoms with van der Waals surface area (Å²) < 4.78 is 0. The average Bonchev–Trinajstić information content (AvgIpc) is 2.28. The number of hydrogen-bond acceptors (Lipinski definition) is 2. The number of carbonyl (C=O) groups excluding carboxylic acids is 1. The van der Waals surface area contributed by atoms with Gasteiger partial charge in [-0.25, -0.2) is 0 Å². The Labute approximate surface area is 83.7 Å². The normalized spacial score (nSPS) is 27.8. The van der Waals surface area contributed by atoms with E-state index in [1.807, 2.05) is 0 Å². The SMILES string of the molecule is CC(=O)N[C@@H]1CCCCC[C@@H]1C(=O)O. The van der Waals surface area contributed by atoms with Crippen LogP contribution in [0.3, 0.4) is 0 Å². The van der Waals surface area contributed by atoms with Crippen LogP contribution in [0.4, 0.5) is 0 Å². The zero-order chi connectivity index (χ0) is 10.6. The van der Waals surface area contributed by atoms with Crippen molar-refractivity contribution in [2.75, 3.05) is 0 Å². The van der Waals surface area contributed by atoms with E-state index in [2.05, 4.69) is 5.32 Å². The number of aliphatic carboxylic acids is 1. The van der Waals surface area contributed by atoms with Crippen LogP contribution in [0.2, 0.25) is 0 Å². The first kappa shape index (κ1) is 11.0. The smallest absolute Gasteiger partial charge is 0.308 e. The molecule has 1 saturated carbocycles. The highest BCUT2D eigenvalue weighted by Gasteiger charge is 2.29. The molecule has 0 spiro atoms. The molecule has 1 aliphatic rings. The van der Waals surface area contributed by atoms with Gasteiger partial charge < -0.3 is 10.4 Å². The quantitative estimate of drug-likeness (QED) is 0.656. The maximum absolute atomic E-state index is 10.9. The van der Waals surface area contributed by atoms with Gasteiger partial charge in [-0.2, -0.15) is 0 Å². The molecule has 0 aromatic carbocycles. The van der Waals surface area contributed by atoms with Gasteiger partial charge >= 0.3 is 5.97 Å². The molecule has 14 heavy (non-hydrogen) atoms. The first-order chi connectivity index (χ1) is 6.61. The molecule has 4 nitrogen and oxygen atoms in total. The van der Waals surface area contributed by atoms with Gasteiger partial charge in [0.15, 0.2) is 0 Å². The van der Waals surface area contributed by atoms with E-state index < -0.39 is 11.9 Å². The molecule has 0 radical (unpaired) electrons. The third-order valence-corrected chi connectivity index (χ3v) is 2.72. The second-order valence-electron chi connectivity index (χ2n) is 3.89. The molecule has 0 heterocycles. The monoisotopic (exact) mass is 199 g/mol. The summed E-state index contributed by atoms with van der Waals surface area (Å²) in [4.78, 5) is 21.8. The number of hydrogen-bond donors (Lipinski definition) is 2. The molecular formula is C10H17NO3. The van der Waals surface area contributed by atoms with Crippen LogP contribution in [0.1, 0.15) is 39.0 Å². The van der Waals surface area contributed by atoms with Crippen LogP contribution in [0.25, 0.3) is 0 Å². The second kappa shape index (κ2) is 4.98. The fourth-order valence-electron chi connectivity index (χ4n) is 2.04. The van der Waals surface area contributed by atoms with Crippen LogP contribution in [-0.2, 0) is 9.59 Å². The first-order valence-electron chi connectivity index (χ1n) is 5.11. The van der Waals surface area contributed by atoms with Gasteiger partial charge in [0.2, 0.25) is 5.91 Å². The molecule has 80 valence electrons. The van der Waals surface area contributed by atoms with Gasteiger partial charge in [0.1, 0.15) is 0 Å². The minimum absolute atomic E-state index is 0.136. The first-order valence-corrected chi connectivity index (χ1v) is 5.11. The molecule has 0 bridgehead atoms. The maximum atomic E-state index is 10.9. The molecule has 1 rings (SSSR count). The zero-order valence-electron chi connectivity index (χ0n) is 8.45. The lowest BCUT2D eigenvalue weighted by Crippen LogP contribution is -2.41. The summed E-state index contributed by atoms with van der Waals surface area (Å²) in [5, 5.41) is 11.7. The van der Waals surface area contributed by atoms with Crippen molar-refractivity contribution >= 4 is 11.9 Å². The van der Waals surface area contributed by atoms with Gasteiger partial charge in [0.25, 0.3) is 0 Å². The number of carboxylic acid groups (broad SMARTS) is 1. The van der Waals surface area contributed by atoms with E-state index in [4.69, 9.17) is 5.11 Å². The van der Waals surface area contributed by atoms with Gasteiger partial charge in [-0.3, -0.25) is 9.59 Å². The number of carbonyl (C=O) groups is 2. The maximum Gasteiger partial charge on any atom is 0.308 e. The third kappa shape index (κ3) is 3.01. The van der Waals surface area contributed by atoms with Crippen molar-refractivity contribution in [2.24, 2.45) is 5.92 Å². The second-order valence-corrected chi connectivity index (χ2v) is 3.89. The molecule has 2 N–H and O–H groups in total. The molecule has 0 unspecified atom stereocenters. The standard InChI is InChI=1S/C10H17NO3/c1-7(12)11-9-6-4-2-3-5-8(9)10(13)14/h8-9H,2-6H2,1H3,(H,11,12)(H,13,14)/t8-,9+/m0/s1. The largest absolute Gasteiger partial charge is 0.481 e. The molecule has 2 atom stereocenters. The van der Waals surface area contributed by atoms with Crippen LogP contribution >= 0.6 is 0 Å². The van der Waals surface area contributed by atoms with Gasteiger partial charge in [-0.15, -0.1) is 0 Å².